The van der Waals surface area contributed by atoms with Crippen LogP contribution in [0.4, 0.5) is 11.4 Å². The number of carbonyl (C=O) groups excluding carboxylic acids is 1. The molecule has 34 heavy (non-hydrogen) atoms. The standard InChI is InChI=1S/C24H19ClN4O5/c1-16-4-2-3-5-23(16)34-21-13-18(12-19(14-21)29(31)32)26-24(30)22-10-11-28(27-22)15-33-20-8-6-17(25)7-9-20/h2-14H,15H2,1H3,(H,26,30). The number of nitro groups is 1. The molecular formula is C24H19ClN4O5. The topological polar surface area (TPSA) is 109 Å². The SMILES string of the molecule is Cc1ccccc1Oc1cc(NC(=O)c2ccn(COc3ccc(Cl)cc3)n2)cc([N+](=O)[O-])c1. The molecule has 4 aromatic rings. The summed E-state index contributed by atoms with van der Waals surface area (Å²) < 4.78 is 12.9. The summed E-state index contributed by atoms with van der Waals surface area (Å²) in [5.41, 5.74) is 0.969. The van der Waals surface area contributed by atoms with Gasteiger partial charge in [0.1, 0.15) is 17.2 Å². The third kappa shape index (κ3) is 5.70. The van der Waals surface area contributed by atoms with E-state index in [1.807, 2.05) is 19.1 Å². The van der Waals surface area contributed by atoms with Crippen molar-refractivity contribution in [2.75, 3.05) is 5.32 Å². The molecule has 1 N–H and O–H groups in total. The van der Waals surface area contributed by atoms with Crippen LogP contribution in [0.3, 0.4) is 0 Å². The number of aryl methyl sites for hydroxylation is 1. The fraction of sp³-hybridized carbons (Fsp3) is 0.0833. The number of ether oxygens (including phenoxy) is 2. The lowest BCUT2D eigenvalue weighted by molar-refractivity contribution is -0.384. The van der Waals surface area contributed by atoms with Crippen LogP contribution >= 0.6 is 11.6 Å². The lowest BCUT2D eigenvalue weighted by Gasteiger charge is -2.10. The molecule has 3 aromatic carbocycles. The maximum absolute atomic E-state index is 12.7. The number of hydrogen-bond acceptors (Lipinski definition) is 6. The van der Waals surface area contributed by atoms with Crippen LogP contribution in [-0.2, 0) is 6.73 Å². The molecule has 0 aliphatic rings. The van der Waals surface area contributed by atoms with E-state index in [4.69, 9.17) is 21.1 Å². The van der Waals surface area contributed by atoms with Crippen molar-refractivity contribution in [2.24, 2.45) is 0 Å². The molecule has 0 aliphatic carbocycles. The number of hydrogen-bond donors (Lipinski definition) is 1. The second kappa shape index (κ2) is 10.1. The zero-order valence-corrected chi connectivity index (χ0v) is 18.7. The average molecular weight is 479 g/mol. The lowest BCUT2D eigenvalue weighted by atomic mass is 10.2. The van der Waals surface area contributed by atoms with E-state index < -0.39 is 10.8 Å². The number of benzene rings is 3. The van der Waals surface area contributed by atoms with Crippen molar-refractivity contribution in [1.29, 1.82) is 0 Å². The fourth-order valence-corrected chi connectivity index (χ4v) is 3.17. The summed E-state index contributed by atoms with van der Waals surface area (Å²) in [5, 5.41) is 18.8. The molecule has 0 saturated carbocycles. The highest BCUT2D eigenvalue weighted by atomic mass is 35.5. The van der Waals surface area contributed by atoms with Gasteiger partial charge >= 0.3 is 0 Å². The van der Waals surface area contributed by atoms with Gasteiger partial charge in [0.05, 0.1) is 16.7 Å². The summed E-state index contributed by atoms with van der Waals surface area (Å²) in [6, 6.07) is 19.7. The van der Waals surface area contributed by atoms with Crippen LogP contribution in [0.2, 0.25) is 5.02 Å². The Hall–Kier alpha value is -4.37. The van der Waals surface area contributed by atoms with E-state index >= 15 is 0 Å². The van der Waals surface area contributed by atoms with Crippen molar-refractivity contribution >= 4 is 28.9 Å². The van der Waals surface area contributed by atoms with E-state index in [2.05, 4.69) is 10.4 Å². The molecule has 9 nitrogen and oxygen atoms in total. The molecular weight excluding hydrogens is 460 g/mol. The molecule has 0 radical (unpaired) electrons. The number of anilines is 1. The smallest absolute Gasteiger partial charge is 0.276 e. The van der Waals surface area contributed by atoms with Gasteiger partial charge in [-0.25, -0.2) is 4.68 Å². The van der Waals surface area contributed by atoms with E-state index in [-0.39, 0.29) is 29.5 Å². The van der Waals surface area contributed by atoms with E-state index in [0.717, 1.165) is 5.56 Å². The van der Waals surface area contributed by atoms with Crippen molar-refractivity contribution in [3.05, 3.63) is 105 Å². The Morgan fingerprint density at radius 3 is 2.59 bits per heavy atom. The number of aromatic nitrogens is 2. The predicted molar refractivity (Wildman–Crippen MR) is 127 cm³/mol. The van der Waals surface area contributed by atoms with Crippen LogP contribution in [-0.4, -0.2) is 20.6 Å². The summed E-state index contributed by atoms with van der Waals surface area (Å²) in [7, 11) is 0. The second-order valence-electron chi connectivity index (χ2n) is 7.26. The number of para-hydroxylation sites is 1. The summed E-state index contributed by atoms with van der Waals surface area (Å²) in [5.74, 6) is 0.844. The molecule has 0 spiro atoms. The van der Waals surface area contributed by atoms with Crippen molar-refractivity contribution < 1.29 is 19.2 Å². The van der Waals surface area contributed by atoms with Gasteiger partial charge in [-0.3, -0.25) is 14.9 Å². The van der Waals surface area contributed by atoms with Crippen molar-refractivity contribution in [1.82, 2.24) is 9.78 Å². The molecule has 172 valence electrons. The molecule has 1 aromatic heterocycles. The summed E-state index contributed by atoms with van der Waals surface area (Å²) >= 11 is 5.85. The first-order valence-corrected chi connectivity index (χ1v) is 10.5. The van der Waals surface area contributed by atoms with Crippen LogP contribution in [0.5, 0.6) is 17.2 Å². The Balaban J connectivity index is 1.46. The molecule has 1 heterocycles. The van der Waals surface area contributed by atoms with Gasteiger partial charge < -0.3 is 14.8 Å². The van der Waals surface area contributed by atoms with Crippen LogP contribution in [0, 0.1) is 17.0 Å². The number of nitro benzene ring substituents is 1. The average Bonchev–Trinajstić information content (AvgIpc) is 3.29. The zero-order chi connectivity index (χ0) is 24.1. The van der Waals surface area contributed by atoms with Gasteiger partial charge in [0.2, 0.25) is 0 Å². The molecule has 0 atom stereocenters. The first-order valence-electron chi connectivity index (χ1n) is 10.1. The maximum Gasteiger partial charge on any atom is 0.276 e. The highest BCUT2D eigenvalue weighted by Crippen LogP contribution is 2.31. The Morgan fingerprint density at radius 2 is 1.85 bits per heavy atom. The minimum atomic E-state index is -0.552. The van der Waals surface area contributed by atoms with Gasteiger partial charge in [0.25, 0.3) is 11.6 Å². The normalized spacial score (nSPS) is 10.5. The van der Waals surface area contributed by atoms with Gasteiger partial charge in [-0.2, -0.15) is 5.10 Å². The molecule has 0 saturated heterocycles. The first kappa shape index (κ1) is 22.8. The number of nitrogens with zero attached hydrogens (tertiary/aromatic N) is 3. The van der Waals surface area contributed by atoms with Crippen LogP contribution in [0.1, 0.15) is 16.1 Å². The summed E-state index contributed by atoms with van der Waals surface area (Å²) in [4.78, 5) is 23.5. The zero-order valence-electron chi connectivity index (χ0n) is 18.0. The summed E-state index contributed by atoms with van der Waals surface area (Å²) in [6.07, 6.45) is 1.59. The third-order valence-electron chi connectivity index (χ3n) is 4.73. The lowest BCUT2D eigenvalue weighted by Crippen LogP contribution is -2.14. The molecule has 0 fully saturated rings. The van der Waals surface area contributed by atoms with Gasteiger partial charge in [-0.05, 0) is 48.9 Å². The molecule has 0 aliphatic heterocycles. The highest BCUT2D eigenvalue weighted by molar-refractivity contribution is 6.30. The first-order chi connectivity index (χ1) is 16.4. The number of non-ortho nitro benzene ring substituents is 1. The van der Waals surface area contributed by atoms with E-state index in [9.17, 15) is 14.9 Å². The van der Waals surface area contributed by atoms with Crippen LogP contribution in [0.15, 0.2) is 79.0 Å². The number of rotatable bonds is 8. The molecule has 0 unspecified atom stereocenters. The summed E-state index contributed by atoms with van der Waals surface area (Å²) in [6.45, 7) is 1.95. The number of nitrogens with one attached hydrogen (secondary N) is 1. The Morgan fingerprint density at radius 1 is 1.09 bits per heavy atom. The fourth-order valence-electron chi connectivity index (χ4n) is 3.04. The molecule has 4 rings (SSSR count). The minimum Gasteiger partial charge on any atom is -0.471 e. The maximum atomic E-state index is 12.7. The Bertz CT molecular complexity index is 1340. The van der Waals surface area contributed by atoms with Crippen molar-refractivity contribution in [3.8, 4) is 17.2 Å². The number of amides is 1. The third-order valence-corrected chi connectivity index (χ3v) is 4.98. The Labute approximate surface area is 199 Å². The van der Waals surface area contributed by atoms with E-state index in [1.165, 1.54) is 28.9 Å². The largest absolute Gasteiger partial charge is 0.471 e. The van der Waals surface area contributed by atoms with Crippen molar-refractivity contribution in [2.45, 2.75) is 13.7 Å². The van der Waals surface area contributed by atoms with E-state index in [0.29, 0.717) is 16.5 Å². The number of carbonyl (C=O) groups is 1. The quantitative estimate of drug-likeness (QED) is 0.252. The van der Waals surface area contributed by atoms with E-state index in [1.54, 1.807) is 42.6 Å². The Kier molecular flexibility index (Phi) is 6.74. The van der Waals surface area contributed by atoms with Gasteiger partial charge in [-0.1, -0.05) is 29.8 Å². The minimum absolute atomic E-state index is 0.0835. The van der Waals surface area contributed by atoms with Crippen LogP contribution < -0.4 is 14.8 Å². The number of halogens is 1. The predicted octanol–water partition coefficient (Wildman–Crippen LogP) is 5.83. The van der Waals surface area contributed by atoms with Gasteiger partial charge in [-0.15, -0.1) is 0 Å². The molecule has 10 heteroatoms. The van der Waals surface area contributed by atoms with Crippen LogP contribution in [0.25, 0.3) is 0 Å². The monoisotopic (exact) mass is 478 g/mol. The molecule has 1 amide bonds. The highest BCUT2D eigenvalue weighted by Gasteiger charge is 2.16. The molecule has 0 bridgehead atoms. The van der Waals surface area contributed by atoms with Gasteiger partial charge in [0.15, 0.2) is 12.4 Å². The second-order valence-corrected chi connectivity index (χ2v) is 7.70. The van der Waals surface area contributed by atoms with Gasteiger partial charge in [0, 0.05) is 23.4 Å². The van der Waals surface area contributed by atoms with Crippen molar-refractivity contribution in [3.63, 3.8) is 0 Å².